The summed E-state index contributed by atoms with van der Waals surface area (Å²) in [4.78, 5) is 12.0. The number of unbranched alkanes of at least 4 members (excludes halogenated alkanes) is 3. The fourth-order valence-corrected chi connectivity index (χ4v) is 2.60. The van der Waals surface area contributed by atoms with Crippen LogP contribution in [0.25, 0.3) is 0 Å². The van der Waals surface area contributed by atoms with Crippen LogP contribution >= 0.6 is 0 Å². The third-order valence-electron chi connectivity index (χ3n) is 3.86. The third kappa shape index (κ3) is 5.13. The van der Waals surface area contributed by atoms with E-state index < -0.39 is 0 Å². The monoisotopic (exact) mass is 294 g/mol. The molecule has 1 unspecified atom stereocenters. The fraction of sp³-hybridized carbons (Fsp3) is 0.733. The molecule has 1 fully saturated rings. The molecule has 0 saturated carbocycles. The molecule has 0 aromatic carbocycles. The van der Waals surface area contributed by atoms with Crippen LogP contribution in [0, 0.1) is 0 Å². The molecule has 21 heavy (non-hydrogen) atoms. The first-order valence-corrected chi connectivity index (χ1v) is 7.96. The molecule has 0 radical (unpaired) electrons. The lowest BCUT2D eigenvalue weighted by Gasteiger charge is -2.22. The zero-order chi connectivity index (χ0) is 14.9. The van der Waals surface area contributed by atoms with Gasteiger partial charge >= 0.3 is 0 Å². The Labute approximate surface area is 125 Å². The maximum atomic E-state index is 12.0. The molecular formula is C15H26N4O2. The number of nitrogens with zero attached hydrogens (tertiary/aromatic N) is 2. The number of aliphatic hydroxyl groups is 1. The van der Waals surface area contributed by atoms with Crippen molar-refractivity contribution in [2.24, 2.45) is 0 Å². The second kappa shape index (κ2) is 8.79. The van der Waals surface area contributed by atoms with Crippen molar-refractivity contribution >= 4 is 5.91 Å². The number of hydrogen-bond donors (Lipinski definition) is 3. The van der Waals surface area contributed by atoms with Gasteiger partial charge in [-0.1, -0.05) is 12.8 Å². The van der Waals surface area contributed by atoms with Gasteiger partial charge in [0.25, 0.3) is 5.91 Å². The van der Waals surface area contributed by atoms with Gasteiger partial charge in [-0.05, 0) is 38.3 Å². The van der Waals surface area contributed by atoms with E-state index in [-0.39, 0.29) is 12.5 Å². The number of amides is 1. The Balaban J connectivity index is 1.71. The van der Waals surface area contributed by atoms with Crippen molar-refractivity contribution in [2.75, 3.05) is 26.2 Å². The standard InChI is InChI=1S/C15H26N4O2/c20-11-4-2-1-3-9-17-15(21)14-7-10-19(18-14)13-6-5-8-16-12-13/h7,10,13,16,20H,1-6,8-9,11-12H2,(H,17,21). The SMILES string of the molecule is O=C(NCCCCCCO)c1ccn(C2CCCNC2)n1. The average molecular weight is 294 g/mol. The fourth-order valence-electron chi connectivity index (χ4n) is 2.60. The predicted octanol–water partition coefficient (Wildman–Crippen LogP) is 1.09. The molecule has 2 heterocycles. The maximum absolute atomic E-state index is 12.0. The van der Waals surface area contributed by atoms with Crippen molar-refractivity contribution in [3.05, 3.63) is 18.0 Å². The van der Waals surface area contributed by atoms with Gasteiger partial charge in [0, 0.05) is 25.9 Å². The van der Waals surface area contributed by atoms with Crippen molar-refractivity contribution in [1.82, 2.24) is 20.4 Å². The molecule has 1 aliphatic heterocycles. The van der Waals surface area contributed by atoms with Crippen LogP contribution in [0.2, 0.25) is 0 Å². The van der Waals surface area contributed by atoms with Gasteiger partial charge in [-0.3, -0.25) is 9.48 Å². The van der Waals surface area contributed by atoms with Crippen molar-refractivity contribution in [3.8, 4) is 0 Å². The molecule has 2 rings (SSSR count). The minimum Gasteiger partial charge on any atom is -0.396 e. The Kier molecular flexibility index (Phi) is 6.69. The molecule has 0 bridgehead atoms. The Bertz CT molecular complexity index is 427. The quantitative estimate of drug-likeness (QED) is 0.627. The van der Waals surface area contributed by atoms with Gasteiger partial charge < -0.3 is 15.7 Å². The van der Waals surface area contributed by atoms with Gasteiger partial charge in [0.15, 0.2) is 0 Å². The summed E-state index contributed by atoms with van der Waals surface area (Å²) >= 11 is 0. The molecule has 6 nitrogen and oxygen atoms in total. The number of carbonyl (C=O) groups excluding carboxylic acids is 1. The van der Waals surface area contributed by atoms with Gasteiger partial charge in [0.2, 0.25) is 0 Å². The number of aliphatic hydroxyl groups excluding tert-OH is 1. The van der Waals surface area contributed by atoms with Crippen LogP contribution in [-0.2, 0) is 0 Å². The van der Waals surface area contributed by atoms with Gasteiger partial charge in [-0.2, -0.15) is 5.10 Å². The van der Waals surface area contributed by atoms with E-state index in [9.17, 15) is 4.79 Å². The van der Waals surface area contributed by atoms with Crippen molar-refractivity contribution in [3.63, 3.8) is 0 Å². The molecular weight excluding hydrogens is 268 g/mol. The van der Waals surface area contributed by atoms with E-state index in [1.54, 1.807) is 6.07 Å². The molecule has 1 atom stereocenters. The molecule has 1 aromatic heterocycles. The second-order valence-electron chi connectivity index (χ2n) is 5.57. The van der Waals surface area contributed by atoms with Crippen molar-refractivity contribution in [1.29, 1.82) is 0 Å². The average Bonchev–Trinajstić information content (AvgIpc) is 3.01. The van der Waals surface area contributed by atoms with Crippen molar-refractivity contribution < 1.29 is 9.90 Å². The summed E-state index contributed by atoms with van der Waals surface area (Å²) in [6.45, 7) is 2.91. The smallest absolute Gasteiger partial charge is 0.271 e. The highest BCUT2D eigenvalue weighted by atomic mass is 16.2. The van der Waals surface area contributed by atoms with Gasteiger partial charge in [-0.25, -0.2) is 0 Å². The molecule has 118 valence electrons. The third-order valence-corrected chi connectivity index (χ3v) is 3.86. The van der Waals surface area contributed by atoms with Crippen LogP contribution in [0.5, 0.6) is 0 Å². The second-order valence-corrected chi connectivity index (χ2v) is 5.57. The topological polar surface area (TPSA) is 79.2 Å². The maximum Gasteiger partial charge on any atom is 0.271 e. The van der Waals surface area contributed by atoms with E-state index in [4.69, 9.17) is 5.11 Å². The first-order chi connectivity index (χ1) is 10.3. The van der Waals surface area contributed by atoms with Crippen LogP contribution < -0.4 is 10.6 Å². The lowest BCUT2D eigenvalue weighted by atomic mass is 10.1. The van der Waals surface area contributed by atoms with Crippen LogP contribution in [0.3, 0.4) is 0 Å². The summed E-state index contributed by atoms with van der Waals surface area (Å²) in [5.74, 6) is -0.0975. The van der Waals surface area contributed by atoms with Crippen LogP contribution in [0.15, 0.2) is 12.3 Å². The lowest BCUT2D eigenvalue weighted by molar-refractivity contribution is 0.0946. The largest absolute Gasteiger partial charge is 0.396 e. The number of piperidine rings is 1. The lowest BCUT2D eigenvalue weighted by Crippen LogP contribution is -2.32. The molecule has 1 saturated heterocycles. The van der Waals surface area contributed by atoms with E-state index in [0.717, 1.165) is 51.6 Å². The summed E-state index contributed by atoms with van der Waals surface area (Å²) in [6.07, 6.45) is 7.99. The summed E-state index contributed by atoms with van der Waals surface area (Å²) in [5, 5.41) is 19.3. The molecule has 3 N–H and O–H groups in total. The number of hydrogen-bond acceptors (Lipinski definition) is 4. The first-order valence-electron chi connectivity index (χ1n) is 7.96. The summed E-state index contributed by atoms with van der Waals surface area (Å²) in [6, 6.07) is 2.15. The highest BCUT2D eigenvalue weighted by Gasteiger charge is 2.17. The Morgan fingerprint density at radius 3 is 3.05 bits per heavy atom. The number of carbonyl (C=O) groups is 1. The minimum absolute atomic E-state index is 0.0975. The number of rotatable bonds is 8. The zero-order valence-electron chi connectivity index (χ0n) is 12.6. The Morgan fingerprint density at radius 2 is 2.29 bits per heavy atom. The Morgan fingerprint density at radius 1 is 1.43 bits per heavy atom. The normalized spacial score (nSPS) is 18.6. The molecule has 1 aliphatic rings. The van der Waals surface area contributed by atoms with E-state index in [1.807, 2.05) is 10.9 Å². The zero-order valence-corrected chi connectivity index (χ0v) is 12.6. The van der Waals surface area contributed by atoms with Gasteiger partial charge in [0.05, 0.1) is 6.04 Å². The minimum atomic E-state index is -0.0975. The summed E-state index contributed by atoms with van der Waals surface area (Å²) in [7, 11) is 0. The highest BCUT2D eigenvalue weighted by molar-refractivity contribution is 5.92. The van der Waals surface area contributed by atoms with Crippen molar-refractivity contribution in [2.45, 2.75) is 44.6 Å². The molecule has 1 aromatic rings. The molecule has 1 amide bonds. The molecule has 0 spiro atoms. The van der Waals surface area contributed by atoms with Gasteiger partial charge in [0.1, 0.15) is 5.69 Å². The van der Waals surface area contributed by atoms with Gasteiger partial charge in [-0.15, -0.1) is 0 Å². The predicted molar refractivity (Wildman–Crippen MR) is 81.3 cm³/mol. The van der Waals surface area contributed by atoms with E-state index in [2.05, 4.69) is 15.7 Å². The van der Waals surface area contributed by atoms with E-state index in [1.165, 1.54) is 0 Å². The van der Waals surface area contributed by atoms with E-state index in [0.29, 0.717) is 18.3 Å². The van der Waals surface area contributed by atoms with Crippen LogP contribution in [0.1, 0.15) is 55.1 Å². The number of nitrogens with one attached hydrogen (secondary N) is 2. The highest BCUT2D eigenvalue weighted by Crippen LogP contribution is 2.15. The summed E-state index contributed by atoms with van der Waals surface area (Å²) in [5.41, 5.74) is 0.496. The Hall–Kier alpha value is -1.40. The molecule has 0 aliphatic carbocycles. The summed E-state index contributed by atoms with van der Waals surface area (Å²) < 4.78 is 1.91. The van der Waals surface area contributed by atoms with Crippen LogP contribution in [-0.4, -0.2) is 47.0 Å². The molecule has 6 heteroatoms. The van der Waals surface area contributed by atoms with E-state index >= 15 is 0 Å². The number of aromatic nitrogens is 2. The first kappa shape index (κ1) is 16.0. The van der Waals surface area contributed by atoms with Crippen LogP contribution in [0.4, 0.5) is 0 Å².